The van der Waals surface area contributed by atoms with Crippen LogP contribution in [0.1, 0.15) is 18.4 Å². The van der Waals surface area contributed by atoms with E-state index in [0.29, 0.717) is 0 Å². The molecule has 0 saturated carbocycles. The third-order valence-electron chi connectivity index (χ3n) is 1.96. The van der Waals surface area contributed by atoms with Crippen LogP contribution in [0, 0.1) is 0 Å². The van der Waals surface area contributed by atoms with Gasteiger partial charge < -0.3 is 0 Å². The van der Waals surface area contributed by atoms with Crippen LogP contribution in [0.4, 0.5) is 0 Å². The molecule has 0 saturated heterocycles. The Kier molecular flexibility index (Phi) is 6.20. The van der Waals surface area contributed by atoms with Gasteiger partial charge in [-0.1, -0.05) is 56.1 Å². The van der Waals surface area contributed by atoms with Gasteiger partial charge in [0.2, 0.25) is 0 Å². The van der Waals surface area contributed by atoms with E-state index in [1.165, 1.54) is 5.56 Å². The zero-order valence-electron chi connectivity index (χ0n) is 8.05. The number of alkyl halides is 1. The molecular weight excluding hydrogens is 304 g/mol. The molecule has 0 spiro atoms. The van der Waals surface area contributed by atoms with Crippen molar-refractivity contribution in [2.75, 3.05) is 5.33 Å². The van der Waals surface area contributed by atoms with E-state index in [2.05, 4.69) is 68.3 Å². The molecule has 76 valence electrons. The van der Waals surface area contributed by atoms with Crippen LogP contribution in [-0.2, 0) is 6.42 Å². The minimum Gasteiger partial charge on any atom is -0.0925 e. The maximum Gasteiger partial charge on any atom is 0.0175 e. The first kappa shape index (κ1) is 12.0. The number of halogens is 2. The van der Waals surface area contributed by atoms with Crippen LogP contribution >= 0.6 is 31.9 Å². The van der Waals surface area contributed by atoms with Gasteiger partial charge in [0.25, 0.3) is 0 Å². The van der Waals surface area contributed by atoms with Crippen LogP contribution in [-0.4, -0.2) is 5.33 Å². The maximum absolute atomic E-state index is 3.43. The molecule has 1 aromatic carbocycles. The number of allylic oxidation sites excluding steroid dienone is 2. The first-order valence-electron chi connectivity index (χ1n) is 4.78. The molecular formula is C12H14Br2. The third kappa shape index (κ3) is 4.97. The molecule has 0 aliphatic rings. The van der Waals surface area contributed by atoms with Crippen molar-refractivity contribution in [2.24, 2.45) is 0 Å². The SMILES string of the molecule is BrCCC=CCCc1ccc(Br)cc1. The molecule has 0 unspecified atom stereocenters. The normalized spacial score (nSPS) is 11.0. The Morgan fingerprint density at radius 3 is 2.29 bits per heavy atom. The summed E-state index contributed by atoms with van der Waals surface area (Å²) in [6.07, 6.45) is 7.87. The van der Waals surface area contributed by atoms with Crippen molar-refractivity contribution in [1.82, 2.24) is 0 Å². The number of hydrogen-bond donors (Lipinski definition) is 0. The molecule has 0 fully saturated rings. The van der Waals surface area contributed by atoms with E-state index in [-0.39, 0.29) is 0 Å². The Bertz CT molecular complexity index is 275. The Morgan fingerprint density at radius 2 is 1.64 bits per heavy atom. The van der Waals surface area contributed by atoms with Gasteiger partial charge in [-0.25, -0.2) is 0 Å². The Labute approximate surface area is 103 Å². The van der Waals surface area contributed by atoms with Crippen molar-refractivity contribution in [1.29, 1.82) is 0 Å². The summed E-state index contributed by atoms with van der Waals surface area (Å²) in [6, 6.07) is 8.53. The summed E-state index contributed by atoms with van der Waals surface area (Å²) in [5, 5.41) is 1.06. The molecule has 0 aromatic heterocycles. The molecule has 0 nitrogen and oxygen atoms in total. The highest BCUT2D eigenvalue weighted by Gasteiger charge is 1.90. The molecule has 0 N–H and O–H groups in total. The van der Waals surface area contributed by atoms with Crippen LogP contribution in [0.25, 0.3) is 0 Å². The molecule has 0 aliphatic heterocycles. The topological polar surface area (TPSA) is 0 Å². The summed E-state index contributed by atoms with van der Waals surface area (Å²) in [5.41, 5.74) is 1.40. The predicted molar refractivity (Wildman–Crippen MR) is 70.0 cm³/mol. The number of aryl methyl sites for hydroxylation is 1. The van der Waals surface area contributed by atoms with Gasteiger partial charge in [0.15, 0.2) is 0 Å². The van der Waals surface area contributed by atoms with Gasteiger partial charge in [0, 0.05) is 9.80 Å². The second-order valence-corrected chi connectivity index (χ2v) is 4.82. The van der Waals surface area contributed by atoms with Gasteiger partial charge in [-0.15, -0.1) is 0 Å². The summed E-state index contributed by atoms with van der Waals surface area (Å²) >= 11 is 6.83. The second kappa shape index (κ2) is 7.24. The van der Waals surface area contributed by atoms with Crippen LogP contribution < -0.4 is 0 Å². The van der Waals surface area contributed by atoms with Gasteiger partial charge in [-0.3, -0.25) is 0 Å². The molecule has 0 amide bonds. The fraction of sp³-hybridized carbons (Fsp3) is 0.333. The van der Waals surface area contributed by atoms with Gasteiger partial charge in [0.1, 0.15) is 0 Å². The van der Waals surface area contributed by atoms with E-state index in [1.54, 1.807) is 0 Å². The van der Waals surface area contributed by atoms with Crippen LogP contribution in [0.5, 0.6) is 0 Å². The maximum atomic E-state index is 3.43. The second-order valence-electron chi connectivity index (χ2n) is 3.11. The highest BCUT2D eigenvalue weighted by molar-refractivity contribution is 9.10. The third-order valence-corrected chi connectivity index (χ3v) is 2.94. The number of rotatable bonds is 5. The van der Waals surface area contributed by atoms with E-state index >= 15 is 0 Å². The van der Waals surface area contributed by atoms with E-state index in [4.69, 9.17) is 0 Å². The van der Waals surface area contributed by atoms with E-state index in [0.717, 1.165) is 29.1 Å². The lowest BCUT2D eigenvalue weighted by atomic mass is 10.1. The van der Waals surface area contributed by atoms with Crippen molar-refractivity contribution in [3.8, 4) is 0 Å². The summed E-state index contributed by atoms with van der Waals surface area (Å²) < 4.78 is 1.15. The lowest BCUT2D eigenvalue weighted by Crippen LogP contribution is -1.82. The lowest BCUT2D eigenvalue weighted by Gasteiger charge is -1.97. The Hall–Kier alpha value is -0.0800. The van der Waals surface area contributed by atoms with Crippen molar-refractivity contribution in [2.45, 2.75) is 19.3 Å². The minimum atomic E-state index is 1.06. The standard InChI is InChI=1S/C12H14Br2/c13-10-4-2-1-3-5-11-6-8-12(14)9-7-11/h1-2,6-9H,3-5,10H2. The predicted octanol–water partition coefficient (Wildman–Crippen LogP) is 4.72. The van der Waals surface area contributed by atoms with Crippen LogP contribution in [0.2, 0.25) is 0 Å². The Morgan fingerprint density at radius 1 is 1.00 bits per heavy atom. The van der Waals surface area contributed by atoms with Gasteiger partial charge in [-0.05, 0) is 37.0 Å². The van der Waals surface area contributed by atoms with E-state index in [1.807, 2.05) is 0 Å². The monoisotopic (exact) mass is 316 g/mol. The van der Waals surface area contributed by atoms with E-state index < -0.39 is 0 Å². The molecule has 2 heteroatoms. The molecule has 1 rings (SSSR count). The minimum absolute atomic E-state index is 1.06. The first-order chi connectivity index (χ1) is 6.83. The molecule has 0 heterocycles. The smallest absolute Gasteiger partial charge is 0.0175 e. The molecule has 0 radical (unpaired) electrons. The van der Waals surface area contributed by atoms with Crippen molar-refractivity contribution in [3.05, 3.63) is 46.5 Å². The van der Waals surface area contributed by atoms with Crippen molar-refractivity contribution in [3.63, 3.8) is 0 Å². The highest BCUT2D eigenvalue weighted by Crippen LogP contribution is 2.11. The molecule has 0 aliphatic carbocycles. The van der Waals surface area contributed by atoms with Crippen molar-refractivity contribution >= 4 is 31.9 Å². The summed E-state index contributed by atoms with van der Waals surface area (Å²) in [5.74, 6) is 0. The zero-order chi connectivity index (χ0) is 10.2. The van der Waals surface area contributed by atoms with Gasteiger partial charge >= 0.3 is 0 Å². The van der Waals surface area contributed by atoms with Crippen LogP contribution in [0.3, 0.4) is 0 Å². The molecule has 0 atom stereocenters. The van der Waals surface area contributed by atoms with Gasteiger partial charge in [-0.2, -0.15) is 0 Å². The first-order valence-corrected chi connectivity index (χ1v) is 6.70. The van der Waals surface area contributed by atoms with Gasteiger partial charge in [0.05, 0.1) is 0 Å². The molecule has 14 heavy (non-hydrogen) atoms. The number of hydrogen-bond acceptors (Lipinski definition) is 0. The quantitative estimate of drug-likeness (QED) is 0.544. The number of benzene rings is 1. The molecule has 0 bridgehead atoms. The lowest BCUT2D eigenvalue weighted by molar-refractivity contribution is 0.993. The van der Waals surface area contributed by atoms with E-state index in [9.17, 15) is 0 Å². The average molecular weight is 318 g/mol. The molecule has 1 aromatic rings. The van der Waals surface area contributed by atoms with Crippen LogP contribution in [0.15, 0.2) is 40.9 Å². The Balaban J connectivity index is 2.28. The fourth-order valence-corrected chi connectivity index (χ4v) is 1.73. The summed E-state index contributed by atoms with van der Waals surface area (Å²) in [4.78, 5) is 0. The average Bonchev–Trinajstić information content (AvgIpc) is 2.21. The highest BCUT2D eigenvalue weighted by atomic mass is 79.9. The largest absolute Gasteiger partial charge is 0.0925 e. The van der Waals surface area contributed by atoms with Crippen molar-refractivity contribution < 1.29 is 0 Å². The zero-order valence-corrected chi connectivity index (χ0v) is 11.2. The fourth-order valence-electron chi connectivity index (χ4n) is 1.20. The summed E-state index contributed by atoms with van der Waals surface area (Å²) in [6.45, 7) is 0. The summed E-state index contributed by atoms with van der Waals surface area (Å²) in [7, 11) is 0.